The fourth-order valence-corrected chi connectivity index (χ4v) is 3.80. The van der Waals surface area contributed by atoms with Crippen molar-refractivity contribution in [2.24, 2.45) is 0 Å². The number of fused-ring (bicyclic) bond motifs is 1. The highest BCUT2D eigenvalue weighted by Crippen LogP contribution is 2.28. The summed E-state index contributed by atoms with van der Waals surface area (Å²) in [6.45, 7) is 6.79. The van der Waals surface area contributed by atoms with Crippen molar-refractivity contribution in [3.8, 4) is 10.6 Å². The summed E-state index contributed by atoms with van der Waals surface area (Å²) in [5.74, 6) is 0.0933. The van der Waals surface area contributed by atoms with Crippen LogP contribution in [0.5, 0.6) is 0 Å². The maximum atomic E-state index is 12.6. The van der Waals surface area contributed by atoms with Gasteiger partial charge in [-0.05, 0) is 31.4 Å². The minimum atomic E-state index is -0.0880. The maximum Gasteiger partial charge on any atom is 0.272 e. The van der Waals surface area contributed by atoms with Gasteiger partial charge in [0.15, 0.2) is 5.65 Å². The van der Waals surface area contributed by atoms with E-state index in [1.54, 1.807) is 23.6 Å². The summed E-state index contributed by atoms with van der Waals surface area (Å²) < 4.78 is 3.47. The molecule has 0 saturated heterocycles. The van der Waals surface area contributed by atoms with Gasteiger partial charge in [0.2, 0.25) is 0 Å². The number of aryl methyl sites for hydroxylation is 2. The number of thiophene rings is 1. The molecule has 1 atom stereocenters. The maximum absolute atomic E-state index is 12.6. The average Bonchev–Trinajstić information content (AvgIpc) is 3.30. The highest BCUT2D eigenvalue weighted by atomic mass is 32.1. The smallest absolute Gasteiger partial charge is 0.272 e. The zero-order valence-electron chi connectivity index (χ0n) is 14.4. The summed E-state index contributed by atoms with van der Waals surface area (Å²) in [4.78, 5) is 18.5. The van der Waals surface area contributed by atoms with Crippen LogP contribution in [0.25, 0.3) is 16.2 Å². The van der Waals surface area contributed by atoms with E-state index in [1.165, 1.54) is 4.52 Å². The number of aromatic nitrogens is 5. The first kappa shape index (κ1) is 15.8. The van der Waals surface area contributed by atoms with Crippen LogP contribution in [0.1, 0.15) is 29.8 Å². The van der Waals surface area contributed by atoms with Crippen LogP contribution in [-0.2, 0) is 6.54 Å². The summed E-state index contributed by atoms with van der Waals surface area (Å²) in [6.07, 6.45) is 1.79. The molecule has 0 fully saturated rings. The van der Waals surface area contributed by atoms with E-state index in [0.717, 1.165) is 27.5 Å². The average molecular weight is 353 g/mol. The Labute approximate surface area is 148 Å². The van der Waals surface area contributed by atoms with Gasteiger partial charge in [0.05, 0.1) is 16.3 Å². The van der Waals surface area contributed by atoms with Crippen LogP contribution >= 0.6 is 11.3 Å². The molecule has 0 aliphatic rings. The second-order valence-electron chi connectivity index (χ2n) is 6.32. The lowest BCUT2D eigenvalue weighted by Gasteiger charge is -2.12. The minimum absolute atomic E-state index is 0.0880. The van der Waals surface area contributed by atoms with Crippen molar-refractivity contribution < 1.29 is 0 Å². The molecule has 0 aliphatic heterocycles. The molecule has 128 valence electrons. The summed E-state index contributed by atoms with van der Waals surface area (Å²) >= 11 is 1.64. The van der Waals surface area contributed by atoms with Gasteiger partial charge in [-0.3, -0.25) is 14.6 Å². The zero-order chi connectivity index (χ0) is 17.6. The largest absolute Gasteiger partial charge is 0.288 e. The third kappa shape index (κ3) is 2.70. The first-order valence-corrected chi connectivity index (χ1v) is 9.07. The number of hydrogen-bond donors (Lipinski definition) is 1. The van der Waals surface area contributed by atoms with Crippen molar-refractivity contribution in [2.75, 3.05) is 0 Å². The van der Waals surface area contributed by atoms with Gasteiger partial charge in [-0.2, -0.15) is 5.10 Å². The van der Waals surface area contributed by atoms with Gasteiger partial charge in [0, 0.05) is 36.0 Å². The number of nitrogens with one attached hydrogen (secondary N) is 1. The molecule has 4 heterocycles. The second kappa shape index (κ2) is 6.00. The van der Waals surface area contributed by atoms with Crippen molar-refractivity contribution in [3.63, 3.8) is 0 Å². The Balaban J connectivity index is 1.77. The zero-order valence-corrected chi connectivity index (χ0v) is 15.2. The molecule has 1 N–H and O–H groups in total. The number of rotatable bonds is 4. The highest BCUT2D eigenvalue weighted by molar-refractivity contribution is 7.13. The summed E-state index contributed by atoms with van der Waals surface area (Å²) in [6, 6.07) is 7.63. The normalized spacial score (nSPS) is 12.8. The molecule has 0 bridgehead atoms. The Hall–Kier alpha value is -2.67. The Kier molecular flexibility index (Phi) is 3.80. The molecule has 0 amide bonds. The van der Waals surface area contributed by atoms with Gasteiger partial charge in [0.25, 0.3) is 5.56 Å². The van der Waals surface area contributed by atoms with E-state index in [9.17, 15) is 4.79 Å². The van der Waals surface area contributed by atoms with Crippen molar-refractivity contribution in [1.82, 2.24) is 24.4 Å². The molecular formula is C18H19N5OS. The van der Waals surface area contributed by atoms with E-state index >= 15 is 0 Å². The molecule has 4 rings (SSSR count). The molecule has 4 aromatic rings. The third-order valence-electron chi connectivity index (χ3n) is 4.52. The van der Waals surface area contributed by atoms with Crippen LogP contribution in [0.2, 0.25) is 0 Å². The van der Waals surface area contributed by atoms with Gasteiger partial charge in [-0.25, -0.2) is 9.50 Å². The third-order valence-corrected chi connectivity index (χ3v) is 5.41. The second-order valence-corrected chi connectivity index (χ2v) is 7.27. The fourth-order valence-electron chi connectivity index (χ4n) is 3.02. The number of nitrogens with zero attached hydrogens (tertiary/aromatic N) is 4. The molecule has 7 heteroatoms. The number of H-pyrrole nitrogens is 1. The van der Waals surface area contributed by atoms with Crippen LogP contribution in [0.15, 0.2) is 40.6 Å². The Morgan fingerprint density at radius 3 is 2.84 bits per heavy atom. The standard InChI is InChI=1S/C18H19N5OS/c1-11(10-22-12(2)6-7-19-22)14-9-16(24)23-18(20-14)13(3)17(21-23)15-5-4-8-25-15/h4-9,11,21H,10H2,1-3H3. The van der Waals surface area contributed by atoms with E-state index in [4.69, 9.17) is 4.98 Å². The monoisotopic (exact) mass is 353 g/mol. The van der Waals surface area contributed by atoms with Crippen LogP contribution in [0.3, 0.4) is 0 Å². The van der Waals surface area contributed by atoms with Gasteiger partial charge in [-0.15, -0.1) is 11.3 Å². The highest BCUT2D eigenvalue weighted by Gasteiger charge is 2.17. The van der Waals surface area contributed by atoms with Gasteiger partial charge < -0.3 is 0 Å². The molecule has 0 aromatic carbocycles. The van der Waals surface area contributed by atoms with Crippen molar-refractivity contribution in [2.45, 2.75) is 33.2 Å². The first-order chi connectivity index (χ1) is 12.0. The topological polar surface area (TPSA) is 68.0 Å². The Morgan fingerprint density at radius 1 is 1.32 bits per heavy atom. The molecule has 0 aliphatic carbocycles. The number of hydrogen-bond acceptors (Lipinski definition) is 4. The summed E-state index contributed by atoms with van der Waals surface area (Å²) in [5, 5.41) is 9.54. The molecule has 4 aromatic heterocycles. The molecule has 0 saturated carbocycles. The predicted molar refractivity (Wildman–Crippen MR) is 99.2 cm³/mol. The molecule has 1 unspecified atom stereocenters. The van der Waals surface area contributed by atoms with Crippen LogP contribution < -0.4 is 5.56 Å². The van der Waals surface area contributed by atoms with E-state index in [0.29, 0.717) is 12.2 Å². The molecule has 6 nitrogen and oxygen atoms in total. The van der Waals surface area contributed by atoms with Crippen LogP contribution in [0, 0.1) is 13.8 Å². The van der Waals surface area contributed by atoms with Crippen molar-refractivity contribution >= 4 is 17.0 Å². The SMILES string of the molecule is Cc1c(-c2cccs2)[nH]n2c(=O)cc(C(C)Cn3nccc3C)nc12. The van der Waals surface area contributed by atoms with Gasteiger partial charge in [-0.1, -0.05) is 13.0 Å². The predicted octanol–water partition coefficient (Wildman–Crippen LogP) is 3.37. The van der Waals surface area contributed by atoms with Crippen LogP contribution in [0.4, 0.5) is 0 Å². The molecule has 25 heavy (non-hydrogen) atoms. The quantitative estimate of drug-likeness (QED) is 0.612. The molecule has 0 spiro atoms. The lowest BCUT2D eigenvalue weighted by molar-refractivity contribution is 0.523. The van der Waals surface area contributed by atoms with E-state index in [-0.39, 0.29) is 11.5 Å². The van der Waals surface area contributed by atoms with E-state index < -0.39 is 0 Å². The number of aromatic amines is 1. The molecule has 0 radical (unpaired) electrons. The van der Waals surface area contributed by atoms with Gasteiger partial charge >= 0.3 is 0 Å². The summed E-state index contributed by atoms with van der Waals surface area (Å²) in [7, 11) is 0. The van der Waals surface area contributed by atoms with Crippen LogP contribution in [-0.4, -0.2) is 24.4 Å². The minimum Gasteiger partial charge on any atom is -0.288 e. The van der Waals surface area contributed by atoms with Gasteiger partial charge in [0.1, 0.15) is 0 Å². The van der Waals surface area contributed by atoms with Crippen molar-refractivity contribution in [1.29, 1.82) is 0 Å². The van der Waals surface area contributed by atoms with E-state index in [1.807, 2.05) is 42.1 Å². The fraction of sp³-hybridized carbons (Fsp3) is 0.278. The van der Waals surface area contributed by atoms with Crippen molar-refractivity contribution in [3.05, 3.63) is 63.1 Å². The first-order valence-electron chi connectivity index (χ1n) is 8.19. The lowest BCUT2D eigenvalue weighted by Crippen LogP contribution is -2.18. The van der Waals surface area contributed by atoms with E-state index in [2.05, 4.69) is 17.1 Å². The molecular weight excluding hydrogens is 334 g/mol. The Morgan fingerprint density at radius 2 is 2.16 bits per heavy atom. The Bertz CT molecular complexity index is 1090. The lowest BCUT2D eigenvalue weighted by atomic mass is 10.1. The summed E-state index contributed by atoms with van der Waals surface area (Å²) in [5.41, 5.74) is 4.43.